The Labute approximate surface area is 109 Å². The molecule has 1 atom stereocenters. The second kappa shape index (κ2) is 6.28. The molecule has 0 aliphatic heterocycles. The summed E-state index contributed by atoms with van der Waals surface area (Å²) in [6.45, 7) is 8.96. The zero-order valence-corrected chi connectivity index (χ0v) is 11.6. The second-order valence-electron chi connectivity index (χ2n) is 4.26. The molecule has 0 bridgehead atoms. The van der Waals surface area contributed by atoms with Crippen molar-refractivity contribution in [1.29, 1.82) is 0 Å². The number of amides is 1. The van der Waals surface area contributed by atoms with Crippen molar-refractivity contribution in [1.82, 2.24) is 4.90 Å². The van der Waals surface area contributed by atoms with E-state index in [9.17, 15) is 4.79 Å². The number of hydrogen-bond acceptors (Lipinski definition) is 3. The molecular formula is C14H22N2O2. The highest BCUT2D eigenvalue weighted by atomic mass is 16.5. The lowest BCUT2D eigenvalue weighted by atomic mass is 10.2. The number of hydrogen-bond donors (Lipinski definition) is 1. The number of ether oxygens (including phenoxy) is 1. The predicted molar refractivity (Wildman–Crippen MR) is 73.6 cm³/mol. The Morgan fingerprint density at radius 1 is 1.39 bits per heavy atom. The minimum Gasteiger partial charge on any atom is -0.478 e. The van der Waals surface area contributed by atoms with E-state index in [2.05, 4.69) is 0 Å². The average molecular weight is 250 g/mol. The highest BCUT2D eigenvalue weighted by Gasteiger charge is 2.21. The van der Waals surface area contributed by atoms with Gasteiger partial charge in [0.15, 0.2) is 6.10 Å². The molecule has 0 aromatic heterocycles. The Balaban J connectivity index is 2.81. The first-order valence-corrected chi connectivity index (χ1v) is 6.31. The van der Waals surface area contributed by atoms with Crippen molar-refractivity contribution in [3.63, 3.8) is 0 Å². The monoisotopic (exact) mass is 250 g/mol. The summed E-state index contributed by atoms with van der Waals surface area (Å²) in [5, 5.41) is 0. The number of likely N-dealkylation sites (N-methyl/N-ethyl adjacent to an activating group) is 1. The highest BCUT2D eigenvalue weighted by molar-refractivity contribution is 5.81. The zero-order valence-electron chi connectivity index (χ0n) is 11.6. The summed E-state index contributed by atoms with van der Waals surface area (Å²) in [4.78, 5) is 13.8. The molecule has 1 rings (SSSR count). The number of nitrogens with zero attached hydrogens (tertiary/aromatic N) is 1. The largest absolute Gasteiger partial charge is 0.478 e. The maximum Gasteiger partial charge on any atom is 0.263 e. The molecule has 1 amide bonds. The number of nitrogens with two attached hydrogens (primary N) is 1. The number of anilines is 1. The van der Waals surface area contributed by atoms with Crippen LogP contribution in [0.25, 0.3) is 0 Å². The van der Waals surface area contributed by atoms with Gasteiger partial charge in [0.05, 0.1) is 5.69 Å². The highest BCUT2D eigenvalue weighted by Crippen LogP contribution is 2.26. The van der Waals surface area contributed by atoms with Gasteiger partial charge in [-0.2, -0.15) is 0 Å². The quantitative estimate of drug-likeness (QED) is 0.815. The Bertz CT molecular complexity index is 394. The van der Waals surface area contributed by atoms with Gasteiger partial charge in [-0.05, 0) is 39.3 Å². The first kappa shape index (κ1) is 14.4. The van der Waals surface area contributed by atoms with Gasteiger partial charge in [-0.3, -0.25) is 4.79 Å². The van der Waals surface area contributed by atoms with E-state index < -0.39 is 6.10 Å². The Kier molecular flexibility index (Phi) is 5.01. The maximum atomic E-state index is 12.1. The molecule has 1 aromatic carbocycles. The fourth-order valence-corrected chi connectivity index (χ4v) is 1.86. The van der Waals surface area contributed by atoms with Crippen molar-refractivity contribution < 1.29 is 9.53 Å². The normalized spacial score (nSPS) is 12.0. The first-order chi connectivity index (χ1) is 8.51. The fourth-order valence-electron chi connectivity index (χ4n) is 1.86. The number of rotatable bonds is 5. The lowest BCUT2D eigenvalue weighted by Gasteiger charge is -2.24. The van der Waals surface area contributed by atoms with Crippen molar-refractivity contribution in [3.8, 4) is 5.75 Å². The fraction of sp³-hybridized carbons (Fsp3) is 0.500. The molecule has 0 radical (unpaired) electrons. The van der Waals surface area contributed by atoms with Crippen LogP contribution in [0.4, 0.5) is 5.69 Å². The smallest absolute Gasteiger partial charge is 0.263 e. The van der Waals surface area contributed by atoms with Crippen LogP contribution >= 0.6 is 0 Å². The van der Waals surface area contributed by atoms with Gasteiger partial charge in [0, 0.05) is 13.1 Å². The molecule has 1 aromatic rings. The van der Waals surface area contributed by atoms with Gasteiger partial charge in [-0.15, -0.1) is 0 Å². The molecule has 2 N–H and O–H groups in total. The van der Waals surface area contributed by atoms with E-state index >= 15 is 0 Å². The molecule has 100 valence electrons. The van der Waals surface area contributed by atoms with Crippen LogP contribution in [0.3, 0.4) is 0 Å². The molecule has 0 heterocycles. The summed E-state index contributed by atoms with van der Waals surface area (Å²) >= 11 is 0. The van der Waals surface area contributed by atoms with Crippen molar-refractivity contribution in [2.45, 2.75) is 33.8 Å². The van der Waals surface area contributed by atoms with Gasteiger partial charge in [-0.1, -0.05) is 12.1 Å². The molecule has 0 spiro atoms. The lowest BCUT2D eigenvalue weighted by molar-refractivity contribution is -0.137. The topological polar surface area (TPSA) is 55.6 Å². The van der Waals surface area contributed by atoms with Gasteiger partial charge in [0.1, 0.15) is 5.75 Å². The lowest BCUT2D eigenvalue weighted by Crippen LogP contribution is -2.40. The van der Waals surface area contributed by atoms with Crippen molar-refractivity contribution in [3.05, 3.63) is 23.8 Å². The molecule has 0 aliphatic rings. The molecule has 18 heavy (non-hydrogen) atoms. The van der Waals surface area contributed by atoms with E-state index in [0.29, 0.717) is 24.5 Å². The average Bonchev–Trinajstić information content (AvgIpc) is 2.35. The van der Waals surface area contributed by atoms with E-state index in [1.165, 1.54) is 0 Å². The van der Waals surface area contributed by atoms with Gasteiger partial charge < -0.3 is 15.4 Å². The summed E-state index contributed by atoms with van der Waals surface area (Å²) < 4.78 is 5.71. The SMILES string of the molecule is CCN(CC)C(=O)C(C)Oc1c(C)cccc1N. The number of carbonyl (C=O) groups excluding carboxylic acids is 1. The number of carbonyl (C=O) groups is 1. The van der Waals surface area contributed by atoms with Gasteiger partial charge in [0.25, 0.3) is 5.91 Å². The van der Waals surface area contributed by atoms with Crippen LogP contribution in [0.5, 0.6) is 5.75 Å². The molecule has 0 saturated heterocycles. The minimum absolute atomic E-state index is 0.0114. The van der Waals surface area contributed by atoms with Crippen LogP contribution in [0.1, 0.15) is 26.3 Å². The molecular weight excluding hydrogens is 228 g/mol. The van der Waals surface area contributed by atoms with Gasteiger partial charge >= 0.3 is 0 Å². The summed E-state index contributed by atoms with van der Waals surface area (Å²) in [6.07, 6.45) is -0.520. The Hall–Kier alpha value is -1.71. The predicted octanol–water partition coefficient (Wildman–Crippen LogP) is 2.21. The van der Waals surface area contributed by atoms with E-state index in [1.807, 2.05) is 32.9 Å². The summed E-state index contributed by atoms with van der Waals surface area (Å²) in [5.74, 6) is 0.591. The third-order valence-corrected chi connectivity index (χ3v) is 2.96. The minimum atomic E-state index is -0.520. The van der Waals surface area contributed by atoms with Crippen LogP contribution in [0.15, 0.2) is 18.2 Å². The summed E-state index contributed by atoms with van der Waals surface area (Å²) in [5.41, 5.74) is 7.36. The van der Waals surface area contributed by atoms with E-state index in [1.54, 1.807) is 17.9 Å². The van der Waals surface area contributed by atoms with Crippen LogP contribution < -0.4 is 10.5 Å². The number of aryl methyl sites for hydroxylation is 1. The van der Waals surface area contributed by atoms with Crippen LogP contribution in [-0.2, 0) is 4.79 Å². The molecule has 0 fully saturated rings. The third kappa shape index (κ3) is 3.15. The molecule has 0 saturated carbocycles. The number of benzene rings is 1. The summed E-state index contributed by atoms with van der Waals surface area (Å²) in [6, 6.07) is 5.56. The van der Waals surface area contributed by atoms with Crippen LogP contribution in [0, 0.1) is 6.92 Å². The number of para-hydroxylation sites is 1. The molecule has 0 aliphatic carbocycles. The molecule has 1 unspecified atom stereocenters. The second-order valence-corrected chi connectivity index (χ2v) is 4.26. The zero-order chi connectivity index (χ0) is 13.7. The standard InChI is InChI=1S/C14H22N2O2/c1-5-16(6-2)14(17)11(4)18-13-10(3)8-7-9-12(13)15/h7-9,11H,5-6,15H2,1-4H3. The van der Waals surface area contributed by atoms with E-state index in [-0.39, 0.29) is 5.91 Å². The van der Waals surface area contributed by atoms with Crippen LogP contribution in [0.2, 0.25) is 0 Å². The molecule has 4 heteroatoms. The maximum absolute atomic E-state index is 12.1. The van der Waals surface area contributed by atoms with Gasteiger partial charge in [0.2, 0.25) is 0 Å². The number of nitrogen functional groups attached to an aromatic ring is 1. The Morgan fingerprint density at radius 3 is 2.50 bits per heavy atom. The first-order valence-electron chi connectivity index (χ1n) is 6.31. The van der Waals surface area contributed by atoms with Crippen molar-refractivity contribution >= 4 is 11.6 Å². The Morgan fingerprint density at radius 2 is 2.00 bits per heavy atom. The van der Waals surface area contributed by atoms with Crippen molar-refractivity contribution in [2.75, 3.05) is 18.8 Å². The van der Waals surface area contributed by atoms with Crippen molar-refractivity contribution in [2.24, 2.45) is 0 Å². The summed E-state index contributed by atoms with van der Waals surface area (Å²) in [7, 11) is 0. The van der Waals surface area contributed by atoms with Crippen LogP contribution in [-0.4, -0.2) is 30.0 Å². The third-order valence-electron chi connectivity index (χ3n) is 2.96. The molecule has 4 nitrogen and oxygen atoms in total. The van der Waals surface area contributed by atoms with E-state index in [0.717, 1.165) is 5.56 Å². The van der Waals surface area contributed by atoms with E-state index in [4.69, 9.17) is 10.5 Å². The van der Waals surface area contributed by atoms with Gasteiger partial charge in [-0.25, -0.2) is 0 Å².